The zero-order valence-corrected chi connectivity index (χ0v) is 15.0. The molecule has 0 radical (unpaired) electrons. The van der Waals surface area contributed by atoms with Crippen LogP contribution in [0, 0.1) is 0 Å². The number of hydrogen-bond acceptors (Lipinski definition) is 5. The summed E-state index contributed by atoms with van der Waals surface area (Å²) < 4.78 is 16.2. The quantitative estimate of drug-likeness (QED) is 0.881. The Morgan fingerprint density at radius 3 is 2.60 bits per heavy atom. The molecule has 1 aromatic rings. The predicted molar refractivity (Wildman–Crippen MR) is 95.6 cm³/mol. The molecule has 2 fully saturated rings. The summed E-state index contributed by atoms with van der Waals surface area (Å²) in [6.07, 6.45) is 2.69. The highest BCUT2D eigenvalue weighted by atomic mass is 16.5. The summed E-state index contributed by atoms with van der Waals surface area (Å²) in [6, 6.07) is 5.29. The Bertz CT molecular complexity index is 582. The Hall–Kier alpha value is -1.99. The van der Waals surface area contributed by atoms with Gasteiger partial charge in [-0.2, -0.15) is 0 Å². The third kappa shape index (κ3) is 4.55. The van der Waals surface area contributed by atoms with Gasteiger partial charge < -0.3 is 24.4 Å². The summed E-state index contributed by atoms with van der Waals surface area (Å²) in [7, 11) is 3.17. The van der Waals surface area contributed by atoms with Crippen molar-refractivity contribution in [3.05, 3.63) is 18.2 Å². The number of anilines is 1. The van der Waals surface area contributed by atoms with E-state index in [2.05, 4.69) is 10.2 Å². The number of amides is 2. The molecule has 3 rings (SSSR count). The molecular weight excluding hydrogens is 322 g/mol. The Labute approximate surface area is 148 Å². The summed E-state index contributed by atoms with van der Waals surface area (Å²) in [6.45, 7) is 5.10. The standard InChI is InChI=1S/C18H27N3O4/c1-23-16-6-5-14(12-17(16)24-2)19-18(22)21-9-7-20(8-10-21)13-15-4-3-11-25-15/h5-6,12,15H,3-4,7-11,13H2,1-2H3,(H,19,22). The highest BCUT2D eigenvalue weighted by Gasteiger charge is 2.25. The van der Waals surface area contributed by atoms with E-state index >= 15 is 0 Å². The molecule has 0 bridgehead atoms. The Kier molecular flexibility index (Phi) is 5.99. The van der Waals surface area contributed by atoms with Crippen LogP contribution < -0.4 is 14.8 Å². The van der Waals surface area contributed by atoms with Crippen molar-refractivity contribution in [1.82, 2.24) is 9.80 Å². The molecule has 2 heterocycles. The molecule has 0 aromatic heterocycles. The highest BCUT2D eigenvalue weighted by Crippen LogP contribution is 2.29. The summed E-state index contributed by atoms with van der Waals surface area (Å²) in [5, 5.41) is 2.93. The van der Waals surface area contributed by atoms with Crippen LogP contribution in [0.4, 0.5) is 10.5 Å². The summed E-state index contributed by atoms with van der Waals surface area (Å²) >= 11 is 0. The smallest absolute Gasteiger partial charge is 0.321 e. The van der Waals surface area contributed by atoms with E-state index in [-0.39, 0.29) is 6.03 Å². The van der Waals surface area contributed by atoms with Gasteiger partial charge in [-0.3, -0.25) is 4.90 Å². The van der Waals surface area contributed by atoms with Gasteiger partial charge in [-0.05, 0) is 25.0 Å². The number of ether oxygens (including phenoxy) is 3. The van der Waals surface area contributed by atoms with Gasteiger partial charge in [-0.25, -0.2) is 4.79 Å². The average Bonchev–Trinajstić information content (AvgIpc) is 3.15. The number of carbonyl (C=O) groups excluding carboxylic acids is 1. The van der Waals surface area contributed by atoms with E-state index in [1.165, 1.54) is 6.42 Å². The number of hydrogen-bond donors (Lipinski definition) is 1. The van der Waals surface area contributed by atoms with Crippen LogP contribution in [0.2, 0.25) is 0 Å². The Balaban J connectivity index is 1.49. The lowest BCUT2D eigenvalue weighted by Crippen LogP contribution is -2.51. The van der Waals surface area contributed by atoms with Crippen LogP contribution in [0.15, 0.2) is 18.2 Å². The number of rotatable bonds is 5. The first kappa shape index (κ1) is 17.8. The van der Waals surface area contributed by atoms with E-state index in [0.29, 0.717) is 23.3 Å². The lowest BCUT2D eigenvalue weighted by Gasteiger charge is -2.35. The van der Waals surface area contributed by atoms with Crippen molar-refractivity contribution in [2.45, 2.75) is 18.9 Å². The van der Waals surface area contributed by atoms with Crippen LogP contribution in [0.5, 0.6) is 11.5 Å². The topological polar surface area (TPSA) is 63.3 Å². The molecule has 0 spiro atoms. The zero-order valence-electron chi connectivity index (χ0n) is 15.0. The van der Waals surface area contributed by atoms with E-state index in [9.17, 15) is 4.79 Å². The number of nitrogens with zero attached hydrogens (tertiary/aromatic N) is 2. The van der Waals surface area contributed by atoms with Gasteiger partial charge in [-0.15, -0.1) is 0 Å². The summed E-state index contributed by atoms with van der Waals surface area (Å²) in [5.41, 5.74) is 0.699. The van der Waals surface area contributed by atoms with Gasteiger partial charge in [0.2, 0.25) is 0 Å². The van der Waals surface area contributed by atoms with Gasteiger partial charge in [0.15, 0.2) is 11.5 Å². The molecule has 1 atom stereocenters. The first-order valence-corrected chi connectivity index (χ1v) is 8.81. The van der Waals surface area contributed by atoms with Gasteiger partial charge >= 0.3 is 6.03 Å². The molecule has 2 saturated heterocycles. The fraction of sp³-hybridized carbons (Fsp3) is 0.611. The lowest BCUT2D eigenvalue weighted by atomic mass is 10.2. The number of urea groups is 1. The molecule has 0 saturated carbocycles. The van der Waals surface area contributed by atoms with E-state index in [1.54, 1.807) is 26.4 Å². The summed E-state index contributed by atoms with van der Waals surface area (Å²) in [5.74, 6) is 1.24. The third-order valence-corrected chi connectivity index (χ3v) is 4.78. The van der Waals surface area contributed by atoms with Crippen molar-refractivity contribution in [1.29, 1.82) is 0 Å². The third-order valence-electron chi connectivity index (χ3n) is 4.78. The van der Waals surface area contributed by atoms with E-state index in [0.717, 1.165) is 45.8 Å². The fourth-order valence-electron chi connectivity index (χ4n) is 3.33. The summed E-state index contributed by atoms with van der Waals surface area (Å²) in [4.78, 5) is 16.7. The molecule has 0 aliphatic carbocycles. The number of piperazine rings is 1. The van der Waals surface area contributed by atoms with Crippen LogP contribution in [-0.2, 0) is 4.74 Å². The van der Waals surface area contributed by atoms with Crippen LogP contribution in [-0.4, -0.2) is 75.5 Å². The highest BCUT2D eigenvalue weighted by molar-refractivity contribution is 5.89. The predicted octanol–water partition coefficient (Wildman–Crippen LogP) is 2.03. The molecule has 1 unspecified atom stereocenters. The second-order valence-corrected chi connectivity index (χ2v) is 6.42. The zero-order chi connectivity index (χ0) is 17.6. The second kappa shape index (κ2) is 8.40. The molecule has 2 amide bonds. The Morgan fingerprint density at radius 1 is 1.20 bits per heavy atom. The fourth-order valence-corrected chi connectivity index (χ4v) is 3.33. The van der Waals surface area contributed by atoms with Gasteiger partial charge in [-0.1, -0.05) is 0 Å². The molecule has 1 aromatic carbocycles. The minimum absolute atomic E-state index is 0.0796. The largest absolute Gasteiger partial charge is 0.493 e. The SMILES string of the molecule is COc1ccc(NC(=O)N2CCN(CC3CCCO3)CC2)cc1OC. The van der Waals surface area contributed by atoms with Crippen molar-refractivity contribution < 1.29 is 19.0 Å². The van der Waals surface area contributed by atoms with Crippen LogP contribution in [0.25, 0.3) is 0 Å². The van der Waals surface area contributed by atoms with Gasteiger partial charge in [0.1, 0.15) is 0 Å². The molecular formula is C18H27N3O4. The second-order valence-electron chi connectivity index (χ2n) is 6.42. The first-order valence-electron chi connectivity index (χ1n) is 8.81. The van der Waals surface area contributed by atoms with Crippen LogP contribution >= 0.6 is 0 Å². The Morgan fingerprint density at radius 2 is 1.96 bits per heavy atom. The maximum atomic E-state index is 12.5. The van der Waals surface area contributed by atoms with E-state index in [4.69, 9.17) is 14.2 Å². The first-order chi connectivity index (χ1) is 12.2. The molecule has 7 heteroatoms. The maximum Gasteiger partial charge on any atom is 0.321 e. The molecule has 2 aliphatic heterocycles. The van der Waals surface area contributed by atoms with E-state index < -0.39 is 0 Å². The van der Waals surface area contributed by atoms with Gasteiger partial charge in [0.25, 0.3) is 0 Å². The lowest BCUT2D eigenvalue weighted by molar-refractivity contribution is 0.0572. The minimum Gasteiger partial charge on any atom is -0.493 e. The molecule has 138 valence electrons. The van der Waals surface area contributed by atoms with Crippen molar-refractivity contribution in [2.75, 3.05) is 58.9 Å². The van der Waals surface area contributed by atoms with Crippen LogP contribution in [0.1, 0.15) is 12.8 Å². The van der Waals surface area contributed by atoms with Crippen molar-refractivity contribution in [3.63, 3.8) is 0 Å². The van der Waals surface area contributed by atoms with Crippen molar-refractivity contribution in [2.24, 2.45) is 0 Å². The van der Waals surface area contributed by atoms with Gasteiger partial charge in [0.05, 0.1) is 20.3 Å². The molecule has 2 aliphatic rings. The number of carbonyl (C=O) groups is 1. The molecule has 1 N–H and O–H groups in total. The number of methoxy groups -OCH3 is 2. The van der Waals surface area contributed by atoms with Crippen molar-refractivity contribution in [3.8, 4) is 11.5 Å². The normalized spacial score (nSPS) is 21.2. The monoisotopic (exact) mass is 349 g/mol. The van der Waals surface area contributed by atoms with E-state index in [1.807, 2.05) is 11.0 Å². The number of nitrogens with one attached hydrogen (secondary N) is 1. The number of benzene rings is 1. The maximum absolute atomic E-state index is 12.5. The van der Waals surface area contributed by atoms with Crippen molar-refractivity contribution >= 4 is 11.7 Å². The molecule has 7 nitrogen and oxygen atoms in total. The minimum atomic E-state index is -0.0796. The average molecular weight is 349 g/mol. The van der Waals surface area contributed by atoms with Crippen LogP contribution in [0.3, 0.4) is 0 Å². The molecule has 25 heavy (non-hydrogen) atoms. The van der Waals surface area contributed by atoms with Gasteiger partial charge in [0, 0.05) is 51.1 Å².